The third kappa shape index (κ3) is 13.7. The molecule has 246 valence electrons. The summed E-state index contributed by atoms with van der Waals surface area (Å²) in [6.45, 7) is 18.4. The molecule has 0 aliphatic carbocycles. The smallest absolute Gasteiger partial charge is 0.248 e. The van der Waals surface area contributed by atoms with E-state index in [9.17, 15) is 14.5 Å². The largest absolute Gasteiger partial charge is 0.377 e. The molecule has 0 bridgehead atoms. The number of unbranched alkanes of at least 4 members (excludes halogenated alkanes) is 1. The van der Waals surface area contributed by atoms with Crippen LogP contribution in [0, 0.1) is 5.92 Å². The van der Waals surface area contributed by atoms with Gasteiger partial charge in [-0.3, -0.25) is 9.59 Å². The molecule has 11 heteroatoms. The molecular formula is C31H60N3O7P. The second-order valence-corrected chi connectivity index (χ2v) is 15.0. The van der Waals surface area contributed by atoms with Gasteiger partial charge >= 0.3 is 0 Å². The van der Waals surface area contributed by atoms with Crippen LogP contribution in [0.4, 0.5) is 0 Å². The topological polar surface area (TPSA) is 110 Å². The highest BCUT2D eigenvalue weighted by atomic mass is 31.2. The van der Waals surface area contributed by atoms with Crippen LogP contribution in [-0.4, -0.2) is 108 Å². The molecule has 0 aromatic carbocycles. The van der Waals surface area contributed by atoms with Gasteiger partial charge < -0.3 is 38.5 Å². The first-order valence-corrected chi connectivity index (χ1v) is 17.8. The second kappa shape index (κ2) is 18.1. The van der Waals surface area contributed by atoms with Crippen LogP contribution in [0.15, 0.2) is 0 Å². The first kappa shape index (κ1) is 37.2. The summed E-state index contributed by atoms with van der Waals surface area (Å²) in [5.74, 6) is 0.752. The van der Waals surface area contributed by atoms with Crippen molar-refractivity contribution in [1.29, 1.82) is 0 Å². The zero-order valence-electron chi connectivity index (χ0n) is 27.5. The highest BCUT2D eigenvalue weighted by Gasteiger charge is 2.40. The van der Waals surface area contributed by atoms with Crippen molar-refractivity contribution in [2.75, 3.05) is 32.8 Å². The lowest BCUT2D eigenvalue weighted by molar-refractivity contribution is -0.134. The lowest BCUT2D eigenvalue weighted by atomic mass is 10.1. The minimum Gasteiger partial charge on any atom is -0.377 e. The van der Waals surface area contributed by atoms with Crippen molar-refractivity contribution >= 4 is 25.7 Å². The molecule has 42 heavy (non-hydrogen) atoms. The Morgan fingerprint density at radius 1 is 0.881 bits per heavy atom. The van der Waals surface area contributed by atoms with Gasteiger partial charge in [-0.05, 0) is 59.2 Å². The fraction of sp³-hybridized carbons (Fsp3) is 0.903. The van der Waals surface area contributed by atoms with E-state index in [0.29, 0.717) is 63.9 Å². The van der Waals surface area contributed by atoms with E-state index in [1.807, 2.05) is 32.6 Å². The van der Waals surface area contributed by atoms with E-state index in [-0.39, 0.29) is 48.8 Å². The van der Waals surface area contributed by atoms with E-state index in [2.05, 4.69) is 39.3 Å². The van der Waals surface area contributed by atoms with Gasteiger partial charge in [0.05, 0.1) is 49.7 Å². The number of ether oxygens (including phenoxy) is 2. The summed E-state index contributed by atoms with van der Waals surface area (Å²) in [6, 6.07) is -0.0547. The molecule has 0 saturated carbocycles. The average molecular weight is 618 g/mol. The fourth-order valence-corrected chi connectivity index (χ4v) is 6.67. The lowest BCUT2D eigenvalue weighted by Crippen LogP contribution is -2.40. The van der Waals surface area contributed by atoms with E-state index in [1.165, 1.54) is 0 Å². The van der Waals surface area contributed by atoms with Crippen molar-refractivity contribution in [2.24, 2.45) is 5.92 Å². The maximum atomic E-state index is 13.2. The Bertz CT molecular complexity index is 869. The fourth-order valence-electron chi connectivity index (χ4n) is 5.59. The van der Waals surface area contributed by atoms with Crippen molar-refractivity contribution in [3.63, 3.8) is 0 Å². The Kier molecular flexibility index (Phi) is 16.0. The third-order valence-electron chi connectivity index (χ3n) is 7.58. The van der Waals surface area contributed by atoms with Crippen LogP contribution in [0.5, 0.6) is 0 Å². The number of amides is 2. The first-order valence-electron chi connectivity index (χ1n) is 16.0. The molecule has 2 saturated heterocycles. The predicted octanol–water partition coefficient (Wildman–Crippen LogP) is 4.60. The molecule has 2 aliphatic heterocycles. The number of rotatable bonds is 19. The number of hydrogen-bond acceptors (Lipinski definition) is 8. The molecule has 0 aromatic heterocycles. The number of nitrogens with zero attached hydrogens (tertiary/aromatic N) is 2. The van der Waals surface area contributed by atoms with Gasteiger partial charge in [-0.15, -0.1) is 0 Å². The first-order chi connectivity index (χ1) is 19.7. The van der Waals surface area contributed by atoms with Crippen LogP contribution in [0.3, 0.4) is 0 Å². The molecule has 5 atom stereocenters. The van der Waals surface area contributed by atoms with Gasteiger partial charge in [-0.1, -0.05) is 40.5 Å². The molecule has 2 heterocycles. The summed E-state index contributed by atoms with van der Waals surface area (Å²) >= 11 is 0. The van der Waals surface area contributed by atoms with Crippen molar-refractivity contribution in [2.45, 2.75) is 143 Å². The van der Waals surface area contributed by atoms with Gasteiger partial charge in [0.2, 0.25) is 19.4 Å². The highest BCUT2D eigenvalue weighted by Crippen LogP contribution is 2.46. The van der Waals surface area contributed by atoms with Crippen molar-refractivity contribution in [3.8, 4) is 0 Å². The van der Waals surface area contributed by atoms with Crippen LogP contribution < -0.4 is 5.32 Å². The molecule has 1 unspecified atom stereocenters. The Morgan fingerprint density at radius 2 is 1.48 bits per heavy atom. The Hall–Kier alpha value is -1.00. The van der Waals surface area contributed by atoms with Crippen LogP contribution in [0.1, 0.15) is 100 Å². The summed E-state index contributed by atoms with van der Waals surface area (Å²) in [7, 11) is -3.46. The Balaban J connectivity index is 1.98. The molecular weight excluding hydrogens is 557 g/mol. The molecule has 2 amide bonds. The number of nitrogens with one attached hydrogen (secondary N) is 1. The van der Waals surface area contributed by atoms with E-state index in [1.54, 1.807) is 4.90 Å². The molecule has 2 fully saturated rings. The van der Waals surface area contributed by atoms with Crippen LogP contribution in [0.25, 0.3) is 0 Å². The molecule has 0 radical (unpaired) electrons. The van der Waals surface area contributed by atoms with Crippen molar-refractivity contribution < 1.29 is 33.0 Å². The minimum atomic E-state index is -3.46. The van der Waals surface area contributed by atoms with E-state index in [4.69, 9.17) is 18.5 Å². The monoisotopic (exact) mass is 617 g/mol. The summed E-state index contributed by atoms with van der Waals surface area (Å²) in [5.41, 5.74) is 0. The van der Waals surface area contributed by atoms with Crippen molar-refractivity contribution in [3.05, 3.63) is 0 Å². The highest BCUT2D eigenvalue weighted by molar-refractivity contribution is 7.58. The van der Waals surface area contributed by atoms with Crippen molar-refractivity contribution in [1.82, 2.24) is 15.1 Å². The Labute approximate surface area is 255 Å². The number of hydrogen-bond donors (Lipinski definition) is 2. The summed E-state index contributed by atoms with van der Waals surface area (Å²) < 4.78 is 23.9. The predicted molar refractivity (Wildman–Crippen MR) is 169 cm³/mol. The van der Waals surface area contributed by atoms with E-state index < -0.39 is 13.7 Å². The quantitative estimate of drug-likeness (QED) is 0.160. The molecule has 2 aliphatic rings. The van der Waals surface area contributed by atoms with Gasteiger partial charge in [-0.2, -0.15) is 0 Å². The van der Waals surface area contributed by atoms with E-state index in [0.717, 1.165) is 19.3 Å². The number of carbonyl (C=O) groups excluding carboxylic acids is 2. The molecule has 0 spiro atoms. The summed E-state index contributed by atoms with van der Waals surface area (Å²) in [6.07, 6.45) is 8.55. The molecule has 2 N–H and O–H groups in total. The molecule has 0 aromatic rings. The maximum absolute atomic E-state index is 13.2. The number of carbonyl (C=O) groups is 2. The van der Waals surface area contributed by atoms with Gasteiger partial charge in [-0.25, -0.2) is 0 Å². The SMILES string of the molecule is C=P(O)(OC[C@@H]1C[C@@H](OC(C)C)CN1C(=O)CCCCC(C)C)O[C@@H]1C[C@@H](COC(C)C)N(C(=O)CCNC(C)C)C1. The van der Waals surface area contributed by atoms with Gasteiger partial charge in [0.1, 0.15) is 0 Å². The zero-order valence-corrected chi connectivity index (χ0v) is 28.4. The lowest BCUT2D eigenvalue weighted by Gasteiger charge is -2.28. The average Bonchev–Trinajstić information content (AvgIpc) is 3.46. The molecule has 2 rings (SSSR count). The van der Waals surface area contributed by atoms with Crippen LogP contribution in [0.2, 0.25) is 0 Å². The summed E-state index contributed by atoms with van der Waals surface area (Å²) in [4.78, 5) is 41.0. The Morgan fingerprint density at radius 3 is 2.07 bits per heavy atom. The third-order valence-corrected chi connectivity index (χ3v) is 8.76. The standard InChI is InChI=1S/C31H60N3O7P/c1-22(2)12-10-11-13-30(35)33-18-28(40-25(7)8)16-27(33)21-39-42(9,37)41-29-17-26(20-38-24(5)6)34(19-29)31(36)14-15-32-23(3)4/h22-29,32,37H,9-21H2,1-8H3/t26-,27-,28+,29+,42?/m0/s1. The van der Waals surface area contributed by atoms with Gasteiger partial charge in [0.15, 0.2) is 0 Å². The maximum Gasteiger partial charge on any atom is 0.248 e. The normalized spacial score (nSPS) is 24.5. The minimum absolute atomic E-state index is 0.0307. The van der Waals surface area contributed by atoms with E-state index >= 15 is 0 Å². The summed E-state index contributed by atoms with van der Waals surface area (Å²) in [5, 5.41) is 3.29. The number of likely N-dealkylation sites (tertiary alicyclic amines) is 2. The second-order valence-electron chi connectivity index (χ2n) is 13.2. The van der Waals surface area contributed by atoms with Crippen LogP contribution in [-0.2, 0) is 28.1 Å². The van der Waals surface area contributed by atoms with Gasteiger partial charge in [0.25, 0.3) is 0 Å². The molecule has 10 nitrogen and oxygen atoms in total. The zero-order chi connectivity index (χ0) is 31.4. The van der Waals surface area contributed by atoms with Gasteiger partial charge in [0, 0.05) is 38.5 Å². The van der Waals surface area contributed by atoms with Crippen LogP contribution >= 0.6 is 7.57 Å².